The van der Waals surface area contributed by atoms with E-state index < -0.39 is 0 Å². The second kappa shape index (κ2) is 9.81. The van der Waals surface area contributed by atoms with Gasteiger partial charge in [0.05, 0.1) is 18.3 Å². The predicted molar refractivity (Wildman–Crippen MR) is 138 cm³/mol. The van der Waals surface area contributed by atoms with E-state index in [1.165, 1.54) is 12.1 Å². The molecule has 1 fully saturated rings. The van der Waals surface area contributed by atoms with E-state index >= 15 is 0 Å². The molecule has 9 heteroatoms. The van der Waals surface area contributed by atoms with Crippen molar-refractivity contribution in [1.82, 2.24) is 24.4 Å². The van der Waals surface area contributed by atoms with Crippen LogP contribution in [0.15, 0.2) is 53.4 Å². The van der Waals surface area contributed by atoms with Gasteiger partial charge in [-0.3, -0.25) is 9.59 Å². The molecule has 4 heterocycles. The minimum atomic E-state index is -0.304. The Morgan fingerprint density at radius 1 is 1.17 bits per heavy atom. The van der Waals surface area contributed by atoms with Gasteiger partial charge in [-0.15, -0.1) is 0 Å². The van der Waals surface area contributed by atoms with Gasteiger partial charge in [-0.25, -0.2) is 13.9 Å². The second-order valence-electron chi connectivity index (χ2n) is 9.54. The van der Waals surface area contributed by atoms with Gasteiger partial charge in [0, 0.05) is 36.8 Å². The summed E-state index contributed by atoms with van der Waals surface area (Å²) in [5.41, 5.74) is 4.42. The molecule has 1 unspecified atom stereocenters. The average Bonchev–Trinajstić information content (AvgIpc) is 3.53. The van der Waals surface area contributed by atoms with Crippen LogP contribution in [-0.2, 0) is 11.2 Å². The molecule has 1 aliphatic heterocycles. The first-order chi connectivity index (χ1) is 17.3. The first-order valence-corrected chi connectivity index (χ1v) is 13.0. The average molecular weight is 506 g/mol. The first kappa shape index (κ1) is 24.1. The van der Waals surface area contributed by atoms with E-state index in [2.05, 4.69) is 23.9 Å². The Balaban J connectivity index is 1.36. The lowest BCUT2D eigenvalue weighted by molar-refractivity contribution is -0.134. The lowest BCUT2D eigenvalue weighted by Crippen LogP contribution is -2.55. The summed E-state index contributed by atoms with van der Waals surface area (Å²) in [6.07, 6.45) is 2.05. The van der Waals surface area contributed by atoms with Crippen LogP contribution in [0, 0.1) is 5.82 Å². The molecule has 186 valence electrons. The normalized spacial score (nSPS) is 16.2. The van der Waals surface area contributed by atoms with Crippen LogP contribution in [0.1, 0.15) is 48.3 Å². The number of hydrogen-bond donors (Lipinski definition) is 0. The molecule has 0 aliphatic carbocycles. The number of amides is 2. The highest BCUT2D eigenvalue weighted by molar-refractivity contribution is 7.08. The Bertz CT molecular complexity index is 1400. The largest absolute Gasteiger partial charge is 0.336 e. The Labute approximate surface area is 213 Å². The molecule has 0 N–H and O–H groups in total. The summed E-state index contributed by atoms with van der Waals surface area (Å²) in [4.78, 5) is 34.5. The third-order valence-corrected chi connectivity index (χ3v) is 7.34. The number of carbonyl (C=O) groups is 2. The van der Waals surface area contributed by atoms with Gasteiger partial charge in [-0.2, -0.15) is 16.4 Å². The Morgan fingerprint density at radius 3 is 2.61 bits per heavy atom. The number of rotatable bonds is 5. The highest BCUT2D eigenvalue weighted by Crippen LogP contribution is 2.26. The molecule has 1 aliphatic rings. The van der Waals surface area contributed by atoms with Crippen molar-refractivity contribution in [3.05, 3.63) is 76.0 Å². The van der Waals surface area contributed by atoms with Crippen molar-refractivity contribution in [2.75, 3.05) is 19.6 Å². The summed E-state index contributed by atoms with van der Waals surface area (Å²) in [6, 6.07) is 10.0. The second-order valence-corrected chi connectivity index (χ2v) is 10.3. The number of benzene rings is 1. The van der Waals surface area contributed by atoms with Crippen LogP contribution in [0.4, 0.5) is 4.39 Å². The third kappa shape index (κ3) is 4.75. The molecule has 0 bridgehead atoms. The highest BCUT2D eigenvalue weighted by Gasteiger charge is 2.31. The first-order valence-electron chi connectivity index (χ1n) is 12.1. The van der Waals surface area contributed by atoms with Gasteiger partial charge in [-0.05, 0) is 65.6 Å². The van der Waals surface area contributed by atoms with E-state index in [4.69, 9.17) is 0 Å². The molecule has 5 rings (SSSR count). The molecule has 36 heavy (non-hydrogen) atoms. The Hall–Kier alpha value is -3.59. The fraction of sp³-hybridized carbons (Fsp3) is 0.333. The Kier molecular flexibility index (Phi) is 6.57. The van der Waals surface area contributed by atoms with Crippen LogP contribution in [0.25, 0.3) is 16.9 Å². The van der Waals surface area contributed by atoms with Crippen molar-refractivity contribution in [3.8, 4) is 11.3 Å². The lowest BCUT2D eigenvalue weighted by Gasteiger charge is -2.39. The molecular weight excluding hydrogens is 477 g/mol. The quantitative estimate of drug-likeness (QED) is 0.396. The van der Waals surface area contributed by atoms with Crippen molar-refractivity contribution in [2.24, 2.45) is 0 Å². The van der Waals surface area contributed by atoms with Crippen molar-refractivity contribution in [1.29, 1.82) is 0 Å². The molecule has 1 saturated heterocycles. The summed E-state index contributed by atoms with van der Waals surface area (Å²) < 4.78 is 15.1. The number of imidazole rings is 1. The number of nitrogens with zero attached hydrogens (tertiary/aromatic N) is 5. The van der Waals surface area contributed by atoms with Gasteiger partial charge >= 0.3 is 0 Å². The number of carbonyl (C=O) groups excluding carboxylic acids is 2. The van der Waals surface area contributed by atoms with Crippen LogP contribution < -0.4 is 0 Å². The fourth-order valence-electron chi connectivity index (χ4n) is 4.63. The van der Waals surface area contributed by atoms with Gasteiger partial charge in [0.2, 0.25) is 5.91 Å². The maximum absolute atomic E-state index is 13.4. The minimum Gasteiger partial charge on any atom is -0.336 e. The predicted octanol–water partition coefficient (Wildman–Crippen LogP) is 4.64. The molecule has 2 amide bonds. The molecular formula is C27H28FN5O2S. The summed E-state index contributed by atoms with van der Waals surface area (Å²) in [5, 5.41) is 8.63. The van der Waals surface area contributed by atoms with Crippen molar-refractivity contribution < 1.29 is 14.0 Å². The Morgan fingerprint density at radius 2 is 1.94 bits per heavy atom. The smallest absolute Gasteiger partial charge is 0.274 e. The summed E-state index contributed by atoms with van der Waals surface area (Å²) in [7, 11) is 0. The monoisotopic (exact) mass is 505 g/mol. The van der Waals surface area contributed by atoms with Gasteiger partial charge in [0.15, 0.2) is 5.65 Å². The number of halogens is 1. The van der Waals surface area contributed by atoms with Crippen molar-refractivity contribution in [3.63, 3.8) is 0 Å². The van der Waals surface area contributed by atoms with E-state index in [-0.39, 0.29) is 29.6 Å². The van der Waals surface area contributed by atoms with Gasteiger partial charge in [-0.1, -0.05) is 13.8 Å². The van der Waals surface area contributed by atoms with Crippen LogP contribution in [0.2, 0.25) is 0 Å². The number of hydrogen-bond acceptors (Lipinski definition) is 5. The highest BCUT2D eigenvalue weighted by atomic mass is 32.1. The van der Waals surface area contributed by atoms with Crippen molar-refractivity contribution >= 4 is 28.8 Å². The van der Waals surface area contributed by atoms with E-state index in [1.807, 2.05) is 34.7 Å². The number of fused-ring (bicyclic) bond motifs is 1. The molecule has 4 aromatic rings. The van der Waals surface area contributed by atoms with Crippen LogP contribution in [0.3, 0.4) is 0 Å². The van der Waals surface area contributed by atoms with Gasteiger partial charge < -0.3 is 9.80 Å². The molecule has 0 saturated carbocycles. The van der Waals surface area contributed by atoms with E-state index in [9.17, 15) is 14.0 Å². The van der Waals surface area contributed by atoms with E-state index in [0.717, 1.165) is 16.7 Å². The topological polar surface area (TPSA) is 70.8 Å². The minimum absolute atomic E-state index is 0.0831. The van der Waals surface area contributed by atoms with E-state index in [1.54, 1.807) is 39.1 Å². The van der Waals surface area contributed by atoms with Crippen molar-refractivity contribution in [2.45, 2.75) is 39.2 Å². The standard InChI is InChI=1S/C27H28FN5O2S/c1-17(2)22-13-23(20-4-6-21(28)7-5-20)30-33-15-24(29-26(22)33)27(35)31-9-10-32(18(3)14-31)25(34)12-19-8-11-36-16-19/h4-8,11,13,15-18H,9-10,12,14H2,1-3H3. The molecule has 1 aromatic carbocycles. The maximum Gasteiger partial charge on any atom is 0.274 e. The third-order valence-electron chi connectivity index (χ3n) is 6.61. The number of aromatic nitrogens is 3. The SMILES string of the molecule is CC(C)c1cc(-c2ccc(F)cc2)nn2cc(C(=O)N3CCN(C(=O)Cc4ccsc4)C(C)C3)nc12. The van der Waals surface area contributed by atoms with Gasteiger partial charge in [0.1, 0.15) is 11.5 Å². The maximum atomic E-state index is 13.4. The van der Waals surface area contributed by atoms with Crippen LogP contribution in [0.5, 0.6) is 0 Å². The molecule has 0 spiro atoms. The molecule has 3 aromatic heterocycles. The molecule has 1 atom stereocenters. The number of piperazine rings is 1. The summed E-state index contributed by atoms with van der Waals surface area (Å²) >= 11 is 1.58. The zero-order chi connectivity index (χ0) is 25.4. The van der Waals surface area contributed by atoms with Crippen LogP contribution >= 0.6 is 11.3 Å². The fourth-order valence-corrected chi connectivity index (χ4v) is 5.30. The lowest BCUT2D eigenvalue weighted by atomic mass is 10.0. The zero-order valence-corrected chi connectivity index (χ0v) is 21.3. The van der Waals surface area contributed by atoms with E-state index in [0.29, 0.717) is 43.1 Å². The number of thiophene rings is 1. The summed E-state index contributed by atoms with van der Waals surface area (Å²) in [5.74, 6) is -0.241. The zero-order valence-electron chi connectivity index (χ0n) is 20.5. The van der Waals surface area contributed by atoms with Crippen LogP contribution in [-0.4, -0.2) is 61.9 Å². The molecule has 0 radical (unpaired) electrons. The van der Waals surface area contributed by atoms with Gasteiger partial charge in [0.25, 0.3) is 5.91 Å². The molecule has 7 nitrogen and oxygen atoms in total. The summed E-state index contributed by atoms with van der Waals surface area (Å²) in [6.45, 7) is 7.50.